The van der Waals surface area contributed by atoms with Crippen LogP contribution in [0, 0.1) is 11.7 Å². The summed E-state index contributed by atoms with van der Waals surface area (Å²) < 4.78 is 65.7. The van der Waals surface area contributed by atoms with Gasteiger partial charge in [-0.2, -0.15) is 0 Å². The van der Waals surface area contributed by atoms with Crippen LogP contribution in [0.1, 0.15) is 84.8 Å². The van der Waals surface area contributed by atoms with E-state index in [9.17, 15) is 22.9 Å². The van der Waals surface area contributed by atoms with Crippen molar-refractivity contribution in [2.24, 2.45) is 5.92 Å². The number of ether oxygens (including phenoxy) is 1. The predicted molar refractivity (Wildman–Crippen MR) is 159 cm³/mol. The fourth-order valence-corrected chi connectivity index (χ4v) is 6.03. The standard InChI is InChI=1S/C31H41F3N4O4S/c1-28(2,3)42-27(40)38-19-30(33,34)18-25(38)26(39)36-24-17-22(9-10-23(24)32)31(14-11-20-7-8-20,21-12-15-35-16-13-21)37-43(41)29(4,5)6/h9-10,12-13,15-17,20,25,37H,7-8,11,14,18-19H2,1-6H3,(H,36,39)/t25-,31?,43?/m1/s1. The summed E-state index contributed by atoms with van der Waals surface area (Å²) >= 11 is -1.55. The summed E-state index contributed by atoms with van der Waals surface area (Å²) in [5.74, 6) is -4.54. The van der Waals surface area contributed by atoms with Gasteiger partial charge in [0.25, 0.3) is 5.92 Å². The van der Waals surface area contributed by atoms with E-state index in [1.165, 1.54) is 12.1 Å². The van der Waals surface area contributed by atoms with Crippen molar-refractivity contribution in [3.63, 3.8) is 0 Å². The Morgan fingerprint density at radius 3 is 2.33 bits per heavy atom. The highest BCUT2D eigenvalue weighted by Crippen LogP contribution is 2.43. The third-order valence-electron chi connectivity index (χ3n) is 7.54. The number of alkyl halides is 2. The van der Waals surface area contributed by atoms with E-state index < -0.39 is 70.0 Å². The van der Waals surface area contributed by atoms with Crippen LogP contribution in [-0.2, 0) is 26.4 Å². The van der Waals surface area contributed by atoms with Crippen LogP contribution in [0.15, 0.2) is 42.7 Å². The van der Waals surface area contributed by atoms with Crippen LogP contribution in [0.25, 0.3) is 0 Å². The van der Waals surface area contributed by atoms with E-state index in [0.717, 1.165) is 24.8 Å². The fraction of sp³-hybridized carbons (Fsp3) is 0.581. The second-order valence-corrected chi connectivity index (χ2v) is 15.4. The molecule has 12 heteroatoms. The summed E-state index contributed by atoms with van der Waals surface area (Å²) in [6.07, 6.45) is 4.82. The first-order valence-corrected chi connectivity index (χ1v) is 15.6. The van der Waals surface area contributed by atoms with Crippen LogP contribution in [-0.4, -0.2) is 55.3 Å². The van der Waals surface area contributed by atoms with Gasteiger partial charge in [-0.15, -0.1) is 4.72 Å². The van der Waals surface area contributed by atoms with Crippen molar-refractivity contribution in [1.29, 1.82) is 0 Å². The Labute approximate surface area is 254 Å². The molecular weight excluding hydrogens is 581 g/mol. The fourth-order valence-electron chi connectivity index (χ4n) is 5.07. The zero-order valence-corrected chi connectivity index (χ0v) is 26.3. The molecule has 2 fully saturated rings. The monoisotopic (exact) mass is 622 g/mol. The average Bonchev–Trinajstić information content (AvgIpc) is 3.67. The van der Waals surface area contributed by atoms with Gasteiger partial charge in [-0.1, -0.05) is 18.9 Å². The van der Waals surface area contributed by atoms with Gasteiger partial charge in [0, 0.05) is 30.2 Å². The number of hydrogen-bond acceptors (Lipinski definition) is 6. The molecule has 1 aliphatic carbocycles. The van der Waals surface area contributed by atoms with Crippen molar-refractivity contribution < 1.29 is 32.0 Å². The molecule has 2 N–H and O–H groups in total. The SMILES string of the molecule is CC(C)(C)OC(=O)N1CC(F)(F)C[C@@H]1C(=O)Nc1cc(C(CCC2CC2)(N[S+]([O-])C(C)(C)C)c2ccncc2)ccc1F. The van der Waals surface area contributed by atoms with Crippen molar-refractivity contribution in [3.8, 4) is 0 Å². The number of carbonyl (C=O) groups excluding carboxylic acids is 2. The summed E-state index contributed by atoms with van der Waals surface area (Å²) in [6.45, 7) is 9.32. The molecule has 2 unspecified atom stereocenters. The lowest BCUT2D eigenvalue weighted by Gasteiger charge is -2.39. The number of aromatic nitrogens is 1. The van der Waals surface area contributed by atoms with E-state index in [4.69, 9.17) is 4.74 Å². The molecule has 1 aromatic heterocycles. The molecule has 8 nitrogen and oxygen atoms in total. The van der Waals surface area contributed by atoms with Crippen LogP contribution >= 0.6 is 0 Å². The quantitative estimate of drug-likeness (QED) is 0.319. The highest BCUT2D eigenvalue weighted by atomic mass is 32.2. The van der Waals surface area contributed by atoms with E-state index in [1.54, 1.807) is 51.4 Å². The normalized spacial score (nSPS) is 20.8. The summed E-state index contributed by atoms with van der Waals surface area (Å²) in [4.78, 5) is 30.9. The first kappa shape index (κ1) is 33.1. The molecule has 0 bridgehead atoms. The van der Waals surface area contributed by atoms with Gasteiger partial charge in [0.1, 0.15) is 27.7 Å². The lowest BCUT2D eigenvalue weighted by atomic mass is 9.79. The topological polar surface area (TPSA) is 107 Å². The number of rotatable bonds is 9. The van der Waals surface area contributed by atoms with Gasteiger partial charge < -0.3 is 14.6 Å². The molecule has 2 amide bonds. The molecular formula is C31H41F3N4O4S. The first-order valence-electron chi connectivity index (χ1n) is 14.5. The number of hydrogen-bond donors (Lipinski definition) is 2. The van der Waals surface area contributed by atoms with Crippen molar-refractivity contribution in [1.82, 2.24) is 14.6 Å². The van der Waals surface area contributed by atoms with Gasteiger partial charge in [-0.05, 0) is 95.7 Å². The minimum absolute atomic E-state index is 0.241. The molecule has 2 heterocycles. The van der Waals surface area contributed by atoms with Crippen LogP contribution in [0.3, 0.4) is 0 Å². The predicted octanol–water partition coefficient (Wildman–Crippen LogP) is 6.29. The molecule has 43 heavy (non-hydrogen) atoms. The number of nitrogens with one attached hydrogen (secondary N) is 2. The molecule has 236 valence electrons. The Bertz CT molecular complexity index is 1310. The van der Waals surface area contributed by atoms with E-state index in [-0.39, 0.29) is 5.69 Å². The summed E-state index contributed by atoms with van der Waals surface area (Å²) in [7, 11) is 0. The number of nitrogens with zero attached hydrogens (tertiary/aromatic N) is 2. The van der Waals surface area contributed by atoms with Gasteiger partial charge in [-0.3, -0.25) is 14.7 Å². The smallest absolute Gasteiger partial charge is 0.411 e. The van der Waals surface area contributed by atoms with E-state index >= 15 is 4.39 Å². The third kappa shape index (κ3) is 8.21. The molecule has 1 saturated carbocycles. The van der Waals surface area contributed by atoms with Crippen LogP contribution in [0.4, 0.5) is 23.7 Å². The Morgan fingerprint density at radius 1 is 1.09 bits per heavy atom. The largest absolute Gasteiger partial charge is 0.598 e. The molecule has 0 spiro atoms. The third-order valence-corrected chi connectivity index (χ3v) is 9.18. The zero-order chi connectivity index (χ0) is 31.8. The number of pyridine rings is 1. The Kier molecular flexibility index (Phi) is 9.44. The average molecular weight is 623 g/mol. The minimum atomic E-state index is -3.32. The van der Waals surface area contributed by atoms with Gasteiger partial charge in [0.15, 0.2) is 0 Å². The van der Waals surface area contributed by atoms with E-state index in [1.807, 2.05) is 20.8 Å². The van der Waals surface area contributed by atoms with Crippen molar-refractivity contribution in [2.45, 2.75) is 101 Å². The molecule has 2 aromatic rings. The van der Waals surface area contributed by atoms with Gasteiger partial charge in [-0.25, -0.2) is 18.0 Å². The lowest BCUT2D eigenvalue weighted by Crippen LogP contribution is -2.52. The van der Waals surface area contributed by atoms with Crippen LogP contribution in [0.2, 0.25) is 0 Å². The number of benzene rings is 1. The van der Waals surface area contributed by atoms with E-state index in [0.29, 0.717) is 22.8 Å². The molecule has 1 aliphatic heterocycles. The number of halogens is 3. The number of likely N-dealkylation sites (tertiary alicyclic amines) is 1. The first-order chi connectivity index (χ1) is 19.9. The van der Waals surface area contributed by atoms with Crippen molar-refractivity contribution in [3.05, 3.63) is 59.7 Å². The Morgan fingerprint density at radius 2 is 1.74 bits per heavy atom. The van der Waals surface area contributed by atoms with Crippen molar-refractivity contribution >= 4 is 29.0 Å². The maximum absolute atomic E-state index is 15.3. The van der Waals surface area contributed by atoms with Gasteiger partial charge in [0.05, 0.1) is 12.2 Å². The van der Waals surface area contributed by atoms with Crippen molar-refractivity contribution in [2.75, 3.05) is 11.9 Å². The molecule has 1 saturated heterocycles. The molecule has 4 rings (SSSR count). The maximum atomic E-state index is 15.3. The lowest BCUT2D eigenvalue weighted by molar-refractivity contribution is -0.120. The zero-order valence-electron chi connectivity index (χ0n) is 25.5. The molecule has 2 aliphatic rings. The van der Waals surface area contributed by atoms with Crippen LogP contribution in [0.5, 0.6) is 0 Å². The highest BCUT2D eigenvalue weighted by molar-refractivity contribution is 7.90. The minimum Gasteiger partial charge on any atom is -0.598 e. The second kappa shape index (κ2) is 12.3. The second-order valence-electron chi connectivity index (χ2n) is 13.5. The number of amides is 2. The Hall–Kier alpha value is -2.83. The Balaban J connectivity index is 1.71. The number of carbonyl (C=O) groups is 2. The molecule has 3 atom stereocenters. The van der Waals surface area contributed by atoms with Gasteiger partial charge >= 0.3 is 6.09 Å². The molecule has 1 aromatic carbocycles. The number of anilines is 1. The van der Waals surface area contributed by atoms with Crippen LogP contribution < -0.4 is 10.0 Å². The summed E-state index contributed by atoms with van der Waals surface area (Å²) in [5, 5.41) is 2.45. The maximum Gasteiger partial charge on any atom is 0.411 e. The summed E-state index contributed by atoms with van der Waals surface area (Å²) in [6, 6.07) is 6.25. The van der Waals surface area contributed by atoms with E-state index in [2.05, 4.69) is 15.0 Å². The molecule has 0 radical (unpaired) electrons. The highest BCUT2D eigenvalue weighted by Gasteiger charge is 2.51. The summed E-state index contributed by atoms with van der Waals surface area (Å²) in [5.41, 5.74) is -0.951. The van der Waals surface area contributed by atoms with Gasteiger partial charge in [0.2, 0.25) is 5.91 Å².